The van der Waals surface area contributed by atoms with E-state index >= 15 is 0 Å². The zero-order valence-corrected chi connectivity index (χ0v) is 7.81. The standard InChI is InChI=1S/C10H18O/c1-4-6-7-10(11)8-9(3)5-2/h8H,4-7H2,1-3H3/b9-8+. The quantitative estimate of drug-likeness (QED) is 0.556. The highest BCUT2D eigenvalue weighted by atomic mass is 16.1. The number of unbranched alkanes of at least 4 members (excludes halogenated alkanes) is 1. The van der Waals surface area contributed by atoms with Crippen molar-refractivity contribution in [2.24, 2.45) is 0 Å². The molecule has 0 saturated heterocycles. The van der Waals surface area contributed by atoms with Crippen LogP contribution in [0.1, 0.15) is 46.5 Å². The Hall–Kier alpha value is -0.590. The van der Waals surface area contributed by atoms with E-state index in [2.05, 4.69) is 13.8 Å². The molecule has 0 atom stereocenters. The summed E-state index contributed by atoms with van der Waals surface area (Å²) in [6.45, 7) is 6.17. The summed E-state index contributed by atoms with van der Waals surface area (Å²) in [6, 6.07) is 0. The molecule has 0 saturated carbocycles. The first-order valence-electron chi connectivity index (χ1n) is 4.40. The second-order valence-electron chi connectivity index (χ2n) is 2.91. The minimum Gasteiger partial charge on any atom is -0.295 e. The molecule has 0 radical (unpaired) electrons. The summed E-state index contributed by atoms with van der Waals surface area (Å²) in [5.41, 5.74) is 1.19. The van der Waals surface area contributed by atoms with Crippen LogP contribution in [0.2, 0.25) is 0 Å². The number of rotatable bonds is 5. The third-order valence-electron chi connectivity index (χ3n) is 1.74. The Bertz CT molecular complexity index is 145. The molecule has 0 aromatic heterocycles. The molecule has 1 heteroatoms. The van der Waals surface area contributed by atoms with Gasteiger partial charge in [0, 0.05) is 6.42 Å². The van der Waals surface area contributed by atoms with E-state index in [0.717, 1.165) is 19.3 Å². The fourth-order valence-electron chi connectivity index (χ4n) is 0.800. The molecule has 0 aromatic carbocycles. The van der Waals surface area contributed by atoms with E-state index in [1.807, 2.05) is 6.92 Å². The normalized spacial score (nSPS) is 11.7. The van der Waals surface area contributed by atoms with E-state index in [0.29, 0.717) is 6.42 Å². The molecular formula is C10H18O. The molecular weight excluding hydrogens is 136 g/mol. The van der Waals surface area contributed by atoms with Crippen LogP contribution < -0.4 is 0 Å². The van der Waals surface area contributed by atoms with Gasteiger partial charge in [-0.1, -0.05) is 25.8 Å². The molecule has 1 nitrogen and oxygen atoms in total. The van der Waals surface area contributed by atoms with Crippen LogP contribution in [0, 0.1) is 0 Å². The Morgan fingerprint density at radius 3 is 2.45 bits per heavy atom. The van der Waals surface area contributed by atoms with Gasteiger partial charge in [0.1, 0.15) is 0 Å². The summed E-state index contributed by atoms with van der Waals surface area (Å²) in [6.07, 6.45) is 5.60. The molecule has 0 aliphatic rings. The van der Waals surface area contributed by atoms with Crippen molar-refractivity contribution in [1.82, 2.24) is 0 Å². The van der Waals surface area contributed by atoms with Gasteiger partial charge in [-0.05, 0) is 25.8 Å². The van der Waals surface area contributed by atoms with Crippen LogP contribution in [-0.2, 0) is 4.79 Å². The van der Waals surface area contributed by atoms with Gasteiger partial charge in [-0.3, -0.25) is 4.79 Å². The zero-order chi connectivity index (χ0) is 8.69. The maximum Gasteiger partial charge on any atom is 0.155 e. The van der Waals surface area contributed by atoms with Gasteiger partial charge in [-0.2, -0.15) is 0 Å². The van der Waals surface area contributed by atoms with Crippen molar-refractivity contribution in [3.05, 3.63) is 11.6 Å². The number of hydrogen-bond acceptors (Lipinski definition) is 1. The van der Waals surface area contributed by atoms with Gasteiger partial charge in [-0.25, -0.2) is 0 Å². The second kappa shape index (κ2) is 6.14. The van der Waals surface area contributed by atoms with Crippen molar-refractivity contribution in [2.75, 3.05) is 0 Å². The van der Waals surface area contributed by atoms with Gasteiger partial charge in [0.15, 0.2) is 5.78 Å². The van der Waals surface area contributed by atoms with Crippen molar-refractivity contribution in [3.8, 4) is 0 Å². The van der Waals surface area contributed by atoms with Crippen molar-refractivity contribution in [3.63, 3.8) is 0 Å². The van der Waals surface area contributed by atoms with E-state index < -0.39 is 0 Å². The Morgan fingerprint density at radius 2 is 2.00 bits per heavy atom. The Kier molecular flexibility index (Phi) is 5.81. The first-order chi connectivity index (χ1) is 5.20. The number of ketones is 1. The van der Waals surface area contributed by atoms with Crippen LogP contribution >= 0.6 is 0 Å². The summed E-state index contributed by atoms with van der Waals surface area (Å²) in [5, 5.41) is 0. The van der Waals surface area contributed by atoms with Crippen molar-refractivity contribution < 1.29 is 4.79 Å². The Labute approximate surface area is 69.5 Å². The zero-order valence-electron chi connectivity index (χ0n) is 7.81. The largest absolute Gasteiger partial charge is 0.295 e. The number of carbonyl (C=O) groups excluding carboxylic acids is 1. The van der Waals surface area contributed by atoms with E-state index in [9.17, 15) is 4.79 Å². The highest BCUT2D eigenvalue weighted by Gasteiger charge is 1.95. The molecule has 64 valence electrons. The Morgan fingerprint density at radius 1 is 1.36 bits per heavy atom. The summed E-state index contributed by atoms with van der Waals surface area (Å²) in [4.78, 5) is 11.1. The van der Waals surface area contributed by atoms with Gasteiger partial charge in [-0.15, -0.1) is 0 Å². The summed E-state index contributed by atoms with van der Waals surface area (Å²) < 4.78 is 0. The van der Waals surface area contributed by atoms with Crippen molar-refractivity contribution in [1.29, 1.82) is 0 Å². The molecule has 0 aromatic rings. The molecule has 0 N–H and O–H groups in total. The predicted molar refractivity (Wildman–Crippen MR) is 48.6 cm³/mol. The number of carbonyl (C=O) groups is 1. The first kappa shape index (κ1) is 10.4. The molecule has 0 spiro atoms. The lowest BCUT2D eigenvalue weighted by molar-refractivity contribution is -0.114. The van der Waals surface area contributed by atoms with Crippen molar-refractivity contribution >= 4 is 5.78 Å². The third kappa shape index (κ3) is 5.84. The first-order valence-corrected chi connectivity index (χ1v) is 4.40. The lowest BCUT2D eigenvalue weighted by Gasteiger charge is -1.94. The molecule has 0 aliphatic carbocycles. The molecule has 0 bridgehead atoms. The maximum atomic E-state index is 11.1. The topological polar surface area (TPSA) is 17.1 Å². The molecule has 0 aliphatic heterocycles. The average molecular weight is 154 g/mol. The van der Waals surface area contributed by atoms with E-state index in [4.69, 9.17) is 0 Å². The van der Waals surface area contributed by atoms with Crippen LogP contribution in [0.3, 0.4) is 0 Å². The van der Waals surface area contributed by atoms with Crippen LogP contribution in [0.15, 0.2) is 11.6 Å². The van der Waals surface area contributed by atoms with Crippen LogP contribution in [0.25, 0.3) is 0 Å². The second-order valence-corrected chi connectivity index (χ2v) is 2.91. The third-order valence-corrected chi connectivity index (χ3v) is 1.74. The predicted octanol–water partition coefficient (Wildman–Crippen LogP) is 3.10. The average Bonchev–Trinajstić information content (AvgIpc) is 2.00. The molecule has 11 heavy (non-hydrogen) atoms. The smallest absolute Gasteiger partial charge is 0.155 e. The van der Waals surface area contributed by atoms with Crippen LogP contribution in [0.5, 0.6) is 0 Å². The molecule has 0 amide bonds. The number of hydrogen-bond donors (Lipinski definition) is 0. The highest BCUT2D eigenvalue weighted by molar-refractivity contribution is 5.90. The fourth-order valence-corrected chi connectivity index (χ4v) is 0.800. The van der Waals surface area contributed by atoms with E-state index in [-0.39, 0.29) is 5.78 Å². The van der Waals surface area contributed by atoms with Gasteiger partial charge in [0.25, 0.3) is 0 Å². The lowest BCUT2D eigenvalue weighted by Crippen LogP contribution is -1.93. The summed E-state index contributed by atoms with van der Waals surface area (Å²) >= 11 is 0. The fraction of sp³-hybridized carbons (Fsp3) is 0.700. The maximum absolute atomic E-state index is 11.1. The lowest BCUT2D eigenvalue weighted by atomic mass is 10.1. The van der Waals surface area contributed by atoms with Gasteiger partial charge < -0.3 is 0 Å². The van der Waals surface area contributed by atoms with E-state index in [1.165, 1.54) is 5.57 Å². The van der Waals surface area contributed by atoms with Crippen LogP contribution in [-0.4, -0.2) is 5.78 Å². The van der Waals surface area contributed by atoms with Crippen LogP contribution in [0.4, 0.5) is 0 Å². The monoisotopic (exact) mass is 154 g/mol. The number of allylic oxidation sites excluding steroid dienone is 2. The van der Waals surface area contributed by atoms with E-state index in [1.54, 1.807) is 6.08 Å². The minimum atomic E-state index is 0.284. The van der Waals surface area contributed by atoms with Gasteiger partial charge in [0.2, 0.25) is 0 Å². The Balaban J connectivity index is 3.67. The molecule has 0 rings (SSSR count). The van der Waals surface area contributed by atoms with Gasteiger partial charge in [0.05, 0.1) is 0 Å². The highest BCUT2D eigenvalue weighted by Crippen LogP contribution is 2.02. The summed E-state index contributed by atoms with van der Waals surface area (Å²) in [7, 11) is 0. The summed E-state index contributed by atoms with van der Waals surface area (Å²) in [5.74, 6) is 0.284. The van der Waals surface area contributed by atoms with Crippen molar-refractivity contribution in [2.45, 2.75) is 46.5 Å². The molecule has 0 fully saturated rings. The SMILES string of the molecule is CCCCC(=O)/C=C(\C)CC. The molecule has 0 unspecified atom stereocenters. The molecule has 0 heterocycles. The minimum absolute atomic E-state index is 0.284. The van der Waals surface area contributed by atoms with Gasteiger partial charge >= 0.3 is 0 Å².